The lowest BCUT2D eigenvalue weighted by molar-refractivity contribution is -0.312. The van der Waals surface area contributed by atoms with Gasteiger partial charge in [-0.05, 0) is 37.0 Å². The average molecular weight is 342 g/mol. The monoisotopic (exact) mass is 342 g/mol. The summed E-state index contributed by atoms with van der Waals surface area (Å²) in [6.45, 7) is 4.45. The van der Waals surface area contributed by atoms with Crippen molar-refractivity contribution in [3.8, 4) is 0 Å². The molecule has 2 bridgehead atoms. The molecule has 130 valence electrons. The normalized spacial score (nSPS) is 34.9. The molecule has 23 heavy (non-hydrogen) atoms. The van der Waals surface area contributed by atoms with Gasteiger partial charge in [0.2, 0.25) is 10.0 Å². The van der Waals surface area contributed by atoms with Crippen molar-refractivity contribution in [3.63, 3.8) is 0 Å². The maximum Gasteiger partial charge on any atom is 0.215 e. The molecule has 3 rings (SSSR count). The number of hydrogen-bond acceptors (Lipinski definition) is 5. The molecule has 0 amide bonds. The maximum absolute atomic E-state index is 12.8. The highest BCUT2D eigenvalue weighted by atomic mass is 32.2. The molecule has 2 atom stereocenters. The number of carbonyl (C=O) groups is 2. The lowest BCUT2D eigenvalue weighted by Gasteiger charge is -2.39. The van der Waals surface area contributed by atoms with E-state index in [0.717, 1.165) is 6.42 Å². The molecule has 0 aromatic rings. The molecular weight excluding hydrogens is 318 g/mol. The molecule has 0 unspecified atom stereocenters. The van der Waals surface area contributed by atoms with Crippen molar-refractivity contribution in [3.05, 3.63) is 0 Å². The Kier molecular flexibility index (Phi) is 3.87. The molecule has 0 aromatic carbocycles. The molecule has 7 heteroatoms. The number of carbonyl (C=O) groups excluding carboxylic acids is 2. The fourth-order valence-corrected chi connectivity index (χ4v) is 7.13. The van der Waals surface area contributed by atoms with E-state index >= 15 is 0 Å². The molecular formula is C16H24NO5S-. The van der Waals surface area contributed by atoms with Crippen molar-refractivity contribution in [1.29, 1.82) is 0 Å². The fourth-order valence-electron chi connectivity index (χ4n) is 4.88. The van der Waals surface area contributed by atoms with E-state index in [1.165, 1.54) is 4.31 Å². The molecule has 0 N–H and O–H groups in total. The predicted octanol–water partition coefficient (Wildman–Crippen LogP) is 0.174. The third kappa shape index (κ3) is 2.43. The van der Waals surface area contributed by atoms with Gasteiger partial charge in [0.15, 0.2) is 0 Å². The number of sulfonamides is 1. The third-order valence-electron chi connectivity index (χ3n) is 6.75. The van der Waals surface area contributed by atoms with E-state index in [-0.39, 0.29) is 48.8 Å². The molecule has 2 aliphatic carbocycles. The number of ketones is 1. The Morgan fingerprint density at radius 1 is 1.26 bits per heavy atom. The van der Waals surface area contributed by atoms with E-state index in [4.69, 9.17) is 0 Å². The van der Waals surface area contributed by atoms with E-state index in [9.17, 15) is 23.1 Å². The summed E-state index contributed by atoms with van der Waals surface area (Å²) in [7, 11) is -3.56. The topological polar surface area (TPSA) is 94.6 Å². The summed E-state index contributed by atoms with van der Waals surface area (Å²) < 4.78 is 27.1. The quantitative estimate of drug-likeness (QED) is 0.726. The first-order valence-electron chi connectivity index (χ1n) is 8.32. The molecule has 3 aliphatic rings. The lowest BCUT2D eigenvalue weighted by atomic mass is 9.70. The fraction of sp³-hybridized carbons (Fsp3) is 0.875. The largest absolute Gasteiger partial charge is 0.550 e. The van der Waals surface area contributed by atoms with E-state index < -0.39 is 27.3 Å². The molecule has 0 radical (unpaired) electrons. The van der Waals surface area contributed by atoms with Gasteiger partial charge >= 0.3 is 0 Å². The molecule has 1 aliphatic heterocycles. The second-order valence-corrected chi connectivity index (χ2v) is 9.88. The third-order valence-corrected chi connectivity index (χ3v) is 8.76. The van der Waals surface area contributed by atoms with Crippen molar-refractivity contribution >= 4 is 21.8 Å². The van der Waals surface area contributed by atoms with Crippen molar-refractivity contribution in [2.75, 3.05) is 18.8 Å². The van der Waals surface area contributed by atoms with Crippen LogP contribution in [0.5, 0.6) is 0 Å². The van der Waals surface area contributed by atoms with Crippen molar-refractivity contribution in [2.45, 2.75) is 46.0 Å². The Labute approximate surface area is 137 Å². The Hall–Kier alpha value is -0.950. The summed E-state index contributed by atoms with van der Waals surface area (Å²) in [6, 6.07) is 0. The van der Waals surface area contributed by atoms with Gasteiger partial charge < -0.3 is 9.90 Å². The zero-order valence-electron chi connectivity index (χ0n) is 13.7. The average Bonchev–Trinajstić information content (AvgIpc) is 2.81. The van der Waals surface area contributed by atoms with Crippen LogP contribution in [0.15, 0.2) is 0 Å². The second kappa shape index (κ2) is 5.28. The van der Waals surface area contributed by atoms with Crippen LogP contribution in [0.2, 0.25) is 0 Å². The number of nitrogens with zero attached hydrogens (tertiary/aromatic N) is 1. The van der Waals surface area contributed by atoms with Crippen molar-refractivity contribution in [1.82, 2.24) is 4.31 Å². The van der Waals surface area contributed by atoms with E-state index in [2.05, 4.69) is 0 Å². The first-order valence-corrected chi connectivity index (χ1v) is 9.93. The minimum atomic E-state index is -3.56. The summed E-state index contributed by atoms with van der Waals surface area (Å²) in [6.07, 6.45) is 2.64. The SMILES string of the molecule is CC1(C)[C@@H]2CC[C@]1(CS(=O)(=O)N1CCC(C(=O)[O-])CC1)C(=O)C2. The van der Waals surface area contributed by atoms with E-state index in [0.29, 0.717) is 12.8 Å². The Bertz CT molecular complexity index is 633. The summed E-state index contributed by atoms with van der Waals surface area (Å²) in [5, 5.41) is 10.9. The standard InChI is InChI=1S/C16H25NO5S/c1-15(2)12-3-6-16(15,13(18)9-12)10-23(21,22)17-7-4-11(5-8-17)14(19)20/h11-12H,3-10H2,1-2H3,(H,19,20)/p-1/t12-,16+/m1/s1. The lowest BCUT2D eigenvalue weighted by Crippen LogP contribution is -2.49. The van der Waals surface area contributed by atoms with Crippen LogP contribution in [-0.4, -0.2) is 43.3 Å². The van der Waals surface area contributed by atoms with Crippen molar-refractivity contribution in [2.24, 2.45) is 22.7 Å². The van der Waals surface area contributed by atoms with Gasteiger partial charge in [0.25, 0.3) is 0 Å². The number of carboxylic acids is 1. The Morgan fingerprint density at radius 2 is 1.87 bits per heavy atom. The summed E-state index contributed by atoms with van der Waals surface area (Å²) in [5.41, 5.74) is -1.04. The molecule has 2 saturated carbocycles. The minimum absolute atomic E-state index is 0.0898. The maximum atomic E-state index is 12.8. The van der Waals surface area contributed by atoms with Gasteiger partial charge in [-0.15, -0.1) is 0 Å². The number of carboxylic acid groups (broad SMARTS) is 1. The Balaban J connectivity index is 1.77. The summed E-state index contributed by atoms with van der Waals surface area (Å²) in [5.74, 6) is -1.43. The first kappa shape index (κ1) is 16.9. The highest BCUT2D eigenvalue weighted by Crippen LogP contribution is 2.64. The van der Waals surface area contributed by atoms with Gasteiger partial charge in [-0.2, -0.15) is 0 Å². The number of Topliss-reactive ketones (excluding diaryl/α,β-unsaturated/α-hetero) is 1. The number of fused-ring (bicyclic) bond motifs is 2. The van der Waals surface area contributed by atoms with Crippen LogP contribution in [0.1, 0.15) is 46.0 Å². The van der Waals surface area contributed by atoms with Gasteiger partial charge in [0, 0.05) is 36.8 Å². The van der Waals surface area contributed by atoms with Crippen LogP contribution in [-0.2, 0) is 19.6 Å². The summed E-state index contributed by atoms with van der Waals surface area (Å²) >= 11 is 0. The Morgan fingerprint density at radius 3 is 2.30 bits per heavy atom. The predicted molar refractivity (Wildman–Crippen MR) is 81.7 cm³/mol. The summed E-state index contributed by atoms with van der Waals surface area (Å²) in [4.78, 5) is 23.4. The van der Waals surface area contributed by atoms with Crippen LogP contribution in [0.25, 0.3) is 0 Å². The van der Waals surface area contributed by atoms with Crippen LogP contribution in [0.4, 0.5) is 0 Å². The number of hydrogen-bond donors (Lipinski definition) is 0. The molecule has 1 heterocycles. The van der Waals surface area contributed by atoms with E-state index in [1.807, 2.05) is 13.8 Å². The number of aliphatic carboxylic acids is 1. The second-order valence-electron chi connectivity index (χ2n) is 7.92. The van der Waals surface area contributed by atoms with Crippen LogP contribution in [0, 0.1) is 22.7 Å². The van der Waals surface area contributed by atoms with Crippen molar-refractivity contribution < 1.29 is 23.1 Å². The number of piperidine rings is 1. The molecule has 0 aromatic heterocycles. The highest BCUT2D eigenvalue weighted by Gasteiger charge is 2.65. The molecule has 0 spiro atoms. The number of rotatable bonds is 4. The highest BCUT2D eigenvalue weighted by molar-refractivity contribution is 7.89. The van der Waals surface area contributed by atoms with Gasteiger partial charge in [0.1, 0.15) is 5.78 Å². The zero-order chi connectivity index (χ0) is 17.0. The van der Waals surface area contributed by atoms with Gasteiger partial charge in [0.05, 0.1) is 5.75 Å². The van der Waals surface area contributed by atoms with Gasteiger partial charge in [-0.1, -0.05) is 13.8 Å². The van der Waals surface area contributed by atoms with Crippen LogP contribution >= 0.6 is 0 Å². The van der Waals surface area contributed by atoms with Crippen LogP contribution in [0.3, 0.4) is 0 Å². The molecule has 1 saturated heterocycles. The van der Waals surface area contributed by atoms with Gasteiger partial charge in [-0.25, -0.2) is 12.7 Å². The smallest absolute Gasteiger partial charge is 0.215 e. The minimum Gasteiger partial charge on any atom is -0.550 e. The van der Waals surface area contributed by atoms with Gasteiger partial charge in [-0.3, -0.25) is 4.79 Å². The first-order chi connectivity index (χ1) is 10.6. The van der Waals surface area contributed by atoms with E-state index in [1.54, 1.807) is 0 Å². The van der Waals surface area contributed by atoms with Crippen LogP contribution < -0.4 is 5.11 Å². The molecule has 3 fully saturated rings. The molecule has 6 nitrogen and oxygen atoms in total. The zero-order valence-corrected chi connectivity index (χ0v) is 14.5.